The Morgan fingerprint density at radius 1 is 1.00 bits per heavy atom. The largest absolute Gasteiger partial charge is 0.488 e. The van der Waals surface area contributed by atoms with Gasteiger partial charge in [-0.3, -0.25) is 19.7 Å². The molecular weight excluding hydrogens is 599 g/mol. The summed E-state index contributed by atoms with van der Waals surface area (Å²) >= 11 is 1.23. The Morgan fingerprint density at radius 2 is 1.70 bits per heavy atom. The van der Waals surface area contributed by atoms with E-state index >= 15 is 8.78 Å². The summed E-state index contributed by atoms with van der Waals surface area (Å²) in [5.41, 5.74) is 2.51. The van der Waals surface area contributed by atoms with Crippen molar-refractivity contribution in [1.82, 2.24) is 10.0 Å². The van der Waals surface area contributed by atoms with Crippen LogP contribution in [0.2, 0.25) is 0 Å². The number of benzene rings is 3. The Labute approximate surface area is 255 Å². The third kappa shape index (κ3) is 5.86. The molecule has 0 saturated carbocycles. The van der Waals surface area contributed by atoms with E-state index in [1.165, 1.54) is 35.6 Å². The molecule has 1 aromatic heterocycles. The zero-order chi connectivity index (χ0) is 31.8. The minimum absolute atomic E-state index is 0.0646. The Hall–Kier alpha value is -4.09. The number of fused-ring (bicyclic) bond motifs is 1. The number of alkyl halides is 3. The predicted octanol–water partition coefficient (Wildman–Crippen LogP) is 8.08. The van der Waals surface area contributed by atoms with Crippen molar-refractivity contribution in [3.8, 4) is 16.9 Å². The first-order valence-electron chi connectivity index (χ1n) is 13.7. The van der Waals surface area contributed by atoms with Crippen molar-refractivity contribution in [1.29, 1.82) is 0 Å². The topological polar surface area (TPSA) is 52.5 Å². The number of aromatic nitrogens is 1. The lowest BCUT2D eigenvalue weighted by Gasteiger charge is -2.21. The fraction of sp³-hybridized carbons (Fsp3) is 0.242. The molecule has 0 aliphatic carbocycles. The molecular formula is C33H29F5N2O3S. The molecule has 1 N–H and O–H groups in total. The summed E-state index contributed by atoms with van der Waals surface area (Å²) in [7, 11) is 1.41. The molecule has 0 spiro atoms. The van der Waals surface area contributed by atoms with Gasteiger partial charge in [-0.2, -0.15) is 13.2 Å². The number of hydrogen-bond donors (Lipinski definition) is 1. The first-order valence-corrected chi connectivity index (χ1v) is 14.7. The third-order valence-electron chi connectivity index (χ3n) is 7.25. The van der Waals surface area contributed by atoms with Gasteiger partial charge in [-0.15, -0.1) is 11.8 Å². The fourth-order valence-corrected chi connectivity index (χ4v) is 6.61. The molecule has 0 fully saturated rings. The quantitative estimate of drug-likeness (QED) is 0.158. The van der Waals surface area contributed by atoms with E-state index < -0.39 is 40.9 Å². The molecule has 4 aromatic rings. The van der Waals surface area contributed by atoms with E-state index in [4.69, 9.17) is 9.57 Å². The molecule has 0 amide bonds. The minimum atomic E-state index is -4.82. The third-order valence-corrected chi connectivity index (χ3v) is 8.37. The number of nitrogens with zero attached hydrogens (tertiary/aromatic N) is 1. The Balaban J connectivity index is 1.86. The van der Waals surface area contributed by atoms with E-state index in [9.17, 15) is 18.0 Å². The molecule has 2 heterocycles. The van der Waals surface area contributed by atoms with Gasteiger partial charge in [-0.1, -0.05) is 48.5 Å². The molecule has 5 nitrogen and oxygen atoms in total. The van der Waals surface area contributed by atoms with Crippen LogP contribution >= 0.6 is 11.8 Å². The molecule has 0 saturated heterocycles. The molecule has 0 unspecified atom stereocenters. The first kappa shape index (κ1) is 31.3. The van der Waals surface area contributed by atoms with Crippen molar-refractivity contribution >= 4 is 23.2 Å². The maximum absolute atomic E-state index is 16.0. The van der Waals surface area contributed by atoms with E-state index in [2.05, 4.69) is 5.48 Å². The monoisotopic (exact) mass is 628 g/mol. The van der Waals surface area contributed by atoms with Gasteiger partial charge in [-0.25, -0.2) is 8.78 Å². The molecule has 230 valence electrons. The Bertz CT molecular complexity index is 1800. The van der Waals surface area contributed by atoms with Crippen molar-refractivity contribution in [2.75, 3.05) is 12.9 Å². The van der Waals surface area contributed by atoms with E-state index in [-0.39, 0.29) is 39.9 Å². The summed E-state index contributed by atoms with van der Waals surface area (Å²) < 4.78 is 80.2. The van der Waals surface area contributed by atoms with Crippen LogP contribution in [-0.4, -0.2) is 23.5 Å². The van der Waals surface area contributed by atoms with Crippen molar-refractivity contribution in [2.45, 2.75) is 44.5 Å². The summed E-state index contributed by atoms with van der Waals surface area (Å²) in [5.74, 6) is -1.67. The van der Waals surface area contributed by atoms with Crippen molar-refractivity contribution in [2.24, 2.45) is 0 Å². The SMILES string of the molecule is CONC(=C1CSc2c(Cc3c(F)cccc3C(F)(F)F)c(C)c(-c3cccc(OC(C)C)c3F)c(=O)n21)c1ccccc1. The predicted molar refractivity (Wildman–Crippen MR) is 161 cm³/mol. The van der Waals surface area contributed by atoms with Crippen LogP contribution in [0.25, 0.3) is 22.5 Å². The summed E-state index contributed by atoms with van der Waals surface area (Å²) in [6.07, 6.45) is -5.67. The molecule has 11 heteroatoms. The zero-order valence-electron chi connectivity index (χ0n) is 24.3. The number of hydrogen-bond acceptors (Lipinski definition) is 5. The molecule has 0 bridgehead atoms. The summed E-state index contributed by atoms with van der Waals surface area (Å²) in [5, 5.41) is 0.337. The molecule has 1 aliphatic rings. The van der Waals surface area contributed by atoms with Gasteiger partial charge in [0.25, 0.3) is 5.56 Å². The molecule has 44 heavy (non-hydrogen) atoms. The number of hydroxylamine groups is 1. The van der Waals surface area contributed by atoms with Crippen LogP contribution in [0, 0.1) is 18.6 Å². The van der Waals surface area contributed by atoms with Gasteiger partial charge in [0.15, 0.2) is 11.6 Å². The lowest BCUT2D eigenvalue weighted by atomic mass is 9.92. The lowest BCUT2D eigenvalue weighted by molar-refractivity contribution is -0.138. The van der Waals surface area contributed by atoms with Gasteiger partial charge in [0.1, 0.15) is 5.82 Å². The number of thioether (sulfide) groups is 1. The van der Waals surface area contributed by atoms with E-state index in [0.29, 0.717) is 22.0 Å². The van der Waals surface area contributed by atoms with Crippen LogP contribution in [-0.2, 0) is 17.4 Å². The molecule has 1 aliphatic heterocycles. The van der Waals surface area contributed by atoms with E-state index in [1.807, 2.05) is 6.07 Å². The summed E-state index contributed by atoms with van der Waals surface area (Å²) in [6.45, 7) is 5.01. The van der Waals surface area contributed by atoms with Crippen LogP contribution in [0.5, 0.6) is 5.75 Å². The van der Waals surface area contributed by atoms with E-state index in [0.717, 1.165) is 18.2 Å². The number of rotatable bonds is 8. The van der Waals surface area contributed by atoms with Crippen molar-refractivity contribution in [3.05, 3.63) is 117 Å². The highest BCUT2D eigenvalue weighted by atomic mass is 32.2. The minimum Gasteiger partial charge on any atom is -0.488 e. The molecule has 0 radical (unpaired) electrons. The lowest BCUT2D eigenvalue weighted by Crippen LogP contribution is -2.26. The average molecular weight is 629 g/mol. The molecule has 0 atom stereocenters. The van der Waals surface area contributed by atoms with Crippen LogP contribution in [0.3, 0.4) is 0 Å². The molecule has 3 aromatic carbocycles. The Kier molecular flexibility index (Phi) is 8.90. The second-order valence-electron chi connectivity index (χ2n) is 10.4. The zero-order valence-corrected chi connectivity index (χ0v) is 25.1. The summed E-state index contributed by atoms with van der Waals surface area (Å²) in [6, 6.07) is 16.2. The number of halogens is 5. The van der Waals surface area contributed by atoms with E-state index in [1.54, 1.807) is 51.1 Å². The highest BCUT2D eigenvalue weighted by Gasteiger charge is 2.36. The first-order chi connectivity index (χ1) is 20.9. The number of nitrogens with one attached hydrogen (secondary N) is 1. The Morgan fingerprint density at radius 3 is 2.36 bits per heavy atom. The van der Waals surface area contributed by atoms with Gasteiger partial charge in [0.05, 0.1) is 40.8 Å². The van der Waals surface area contributed by atoms with Gasteiger partial charge in [0.2, 0.25) is 0 Å². The highest BCUT2D eigenvalue weighted by Crippen LogP contribution is 2.43. The van der Waals surface area contributed by atoms with Crippen LogP contribution in [0.15, 0.2) is 76.6 Å². The number of ether oxygens (including phenoxy) is 1. The van der Waals surface area contributed by atoms with Gasteiger partial charge in [0, 0.05) is 28.9 Å². The standard InChI is InChI=1S/C33H29F5N2O3S/c1-18(2)43-27-15-8-12-21(29(27)35)28-19(3)22(16-23-24(33(36,37)38)13-9-14-25(23)34)32-40(31(28)41)26(17-44-32)30(39-42-4)20-10-6-5-7-11-20/h5-15,18,39H,16-17H2,1-4H3. The van der Waals surface area contributed by atoms with Gasteiger partial charge in [-0.05, 0) is 50.1 Å². The van der Waals surface area contributed by atoms with Crippen LogP contribution in [0.1, 0.15) is 41.7 Å². The van der Waals surface area contributed by atoms with Crippen LogP contribution in [0.4, 0.5) is 22.0 Å². The van der Waals surface area contributed by atoms with Crippen molar-refractivity contribution < 1.29 is 31.5 Å². The fourth-order valence-electron chi connectivity index (χ4n) is 5.34. The molecule has 5 rings (SSSR count). The number of pyridine rings is 1. The van der Waals surface area contributed by atoms with Crippen molar-refractivity contribution in [3.63, 3.8) is 0 Å². The van der Waals surface area contributed by atoms with Gasteiger partial charge >= 0.3 is 6.18 Å². The second-order valence-corrected chi connectivity index (χ2v) is 11.4. The highest BCUT2D eigenvalue weighted by molar-refractivity contribution is 8.00. The summed E-state index contributed by atoms with van der Waals surface area (Å²) in [4.78, 5) is 19.6. The smallest absolute Gasteiger partial charge is 0.416 e. The average Bonchev–Trinajstić information content (AvgIpc) is 3.41. The maximum atomic E-state index is 16.0. The maximum Gasteiger partial charge on any atom is 0.416 e. The van der Waals surface area contributed by atoms with Crippen LogP contribution < -0.4 is 15.8 Å². The van der Waals surface area contributed by atoms with Gasteiger partial charge < -0.3 is 4.74 Å². The normalized spacial score (nSPS) is 14.1. The second kappa shape index (κ2) is 12.5.